The molecule has 3 N–H and O–H groups in total. The van der Waals surface area contributed by atoms with Crippen LogP contribution in [0.5, 0.6) is 0 Å². The molecule has 0 aliphatic rings. The largest absolute Gasteiger partial charge is 0.347 e. The molecule has 3 rings (SSSR count). The van der Waals surface area contributed by atoms with Crippen molar-refractivity contribution < 1.29 is 14.0 Å². The minimum absolute atomic E-state index is 0.289. The van der Waals surface area contributed by atoms with Crippen LogP contribution in [-0.2, 0) is 16.0 Å². The second kappa shape index (κ2) is 6.91. The van der Waals surface area contributed by atoms with E-state index in [2.05, 4.69) is 20.6 Å². The summed E-state index contributed by atoms with van der Waals surface area (Å²) in [6.45, 7) is 0.289. The lowest BCUT2D eigenvalue weighted by atomic mass is 10.1. The molecule has 0 spiro atoms. The molecule has 0 aliphatic heterocycles. The summed E-state index contributed by atoms with van der Waals surface area (Å²) in [6, 6.07) is 11.1. The average Bonchev–Trinajstić information content (AvgIpc) is 3.04. The molecule has 0 saturated carbocycles. The lowest BCUT2D eigenvalue weighted by Crippen LogP contribution is -2.36. The highest BCUT2D eigenvalue weighted by Gasteiger charge is 2.13. The number of amides is 2. The number of fused-ring (bicyclic) bond motifs is 1. The van der Waals surface area contributed by atoms with Gasteiger partial charge >= 0.3 is 11.8 Å². The summed E-state index contributed by atoms with van der Waals surface area (Å²) < 4.78 is 12.8. The van der Waals surface area contributed by atoms with Crippen LogP contribution in [0.4, 0.5) is 10.1 Å². The number of imidazole rings is 1. The highest BCUT2D eigenvalue weighted by molar-refractivity contribution is 6.39. The van der Waals surface area contributed by atoms with Crippen molar-refractivity contribution in [1.82, 2.24) is 15.3 Å². The third-order valence-corrected chi connectivity index (χ3v) is 3.50. The van der Waals surface area contributed by atoms with Crippen molar-refractivity contribution in [2.45, 2.75) is 6.42 Å². The number of aromatic amines is 1. The van der Waals surface area contributed by atoms with Gasteiger partial charge in [-0.2, -0.15) is 0 Å². The lowest BCUT2D eigenvalue weighted by molar-refractivity contribution is -0.136. The first kappa shape index (κ1) is 15.7. The van der Waals surface area contributed by atoms with Crippen LogP contribution >= 0.6 is 0 Å². The number of H-pyrrole nitrogens is 1. The van der Waals surface area contributed by atoms with Crippen LogP contribution in [0, 0.1) is 5.82 Å². The highest BCUT2D eigenvalue weighted by Crippen LogP contribution is 2.15. The van der Waals surface area contributed by atoms with Crippen molar-refractivity contribution >= 4 is 28.5 Å². The number of carbonyl (C=O) groups excluding carboxylic acids is 2. The predicted molar refractivity (Wildman–Crippen MR) is 87.8 cm³/mol. The molecule has 1 aromatic heterocycles. The topological polar surface area (TPSA) is 86.9 Å². The van der Waals surface area contributed by atoms with Gasteiger partial charge in [0.2, 0.25) is 0 Å². The zero-order valence-corrected chi connectivity index (χ0v) is 12.7. The minimum Gasteiger partial charge on any atom is -0.347 e. The van der Waals surface area contributed by atoms with Crippen molar-refractivity contribution in [1.29, 1.82) is 0 Å². The van der Waals surface area contributed by atoms with Gasteiger partial charge in [-0.05, 0) is 42.3 Å². The summed E-state index contributed by atoms with van der Waals surface area (Å²) in [5.41, 5.74) is 2.92. The van der Waals surface area contributed by atoms with Crippen molar-refractivity contribution in [3.63, 3.8) is 0 Å². The molecule has 2 aromatic carbocycles. The maximum Gasteiger partial charge on any atom is 0.313 e. The highest BCUT2D eigenvalue weighted by atomic mass is 19.1. The Bertz CT molecular complexity index is 874. The third kappa shape index (κ3) is 3.75. The number of benzene rings is 2. The standard InChI is InChI=1S/C17H15FN4O2/c18-12-3-1-11(2-4-12)7-8-19-16(23)17(24)22-13-5-6-14-15(9-13)21-10-20-14/h1-6,9-10H,7-8H2,(H,19,23)(H,20,21)(H,22,24). The number of hydrogen-bond acceptors (Lipinski definition) is 3. The maximum absolute atomic E-state index is 12.8. The van der Waals surface area contributed by atoms with Crippen molar-refractivity contribution in [3.8, 4) is 0 Å². The van der Waals surface area contributed by atoms with E-state index < -0.39 is 11.8 Å². The number of anilines is 1. The molecule has 3 aromatic rings. The van der Waals surface area contributed by atoms with Crippen LogP contribution in [0.3, 0.4) is 0 Å². The van der Waals surface area contributed by atoms with Crippen LogP contribution in [0.25, 0.3) is 11.0 Å². The first-order chi connectivity index (χ1) is 11.6. The Labute approximate surface area is 137 Å². The molecule has 0 fully saturated rings. The van der Waals surface area contributed by atoms with E-state index in [0.29, 0.717) is 12.1 Å². The summed E-state index contributed by atoms with van der Waals surface area (Å²) in [6.07, 6.45) is 2.07. The van der Waals surface area contributed by atoms with Gasteiger partial charge in [-0.1, -0.05) is 12.1 Å². The third-order valence-electron chi connectivity index (χ3n) is 3.50. The van der Waals surface area contributed by atoms with Crippen molar-refractivity contribution in [2.75, 3.05) is 11.9 Å². The van der Waals surface area contributed by atoms with E-state index in [4.69, 9.17) is 0 Å². The Morgan fingerprint density at radius 3 is 2.67 bits per heavy atom. The molecular formula is C17H15FN4O2. The van der Waals surface area contributed by atoms with Gasteiger partial charge in [0.1, 0.15) is 5.82 Å². The summed E-state index contributed by atoms with van der Waals surface area (Å²) in [5.74, 6) is -1.77. The number of aromatic nitrogens is 2. The summed E-state index contributed by atoms with van der Waals surface area (Å²) in [5, 5.41) is 5.06. The fourth-order valence-electron chi connectivity index (χ4n) is 2.25. The number of nitrogens with one attached hydrogen (secondary N) is 3. The molecule has 6 nitrogen and oxygen atoms in total. The van der Waals surface area contributed by atoms with E-state index in [-0.39, 0.29) is 12.4 Å². The first-order valence-corrected chi connectivity index (χ1v) is 7.38. The quantitative estimate of drug-likeness (QED) is 0.641. The number of rotatable bonds is 4. The second-order valence-corrected chi connectivity index (χ2v) is 5.22. The lowest BCUT2D eigenvalue weighted by Gasteiger charge is -2.07. The summed E-state index contributed by atoms with van der Waals surface area (Å²) in [4.78, 5) is 30.7. The van der Waals surface area contributed by atoms with E-state index in [0.717, 1.165) is 16.6 Å². The Morgan fingerprint density at radius 2 is 1.88 bits per heavy atom. The molecule has 0 atom stereocenters. The first-order valence-electron chi connectivity index (χ1n) is 7.38. The van der Waals surface area contributed by atoms with E-state index in [1.54, 1.807) is 36.7 Å². The van der Waals surface area contributed by atoms with Crippen molar-refractivity contribution in [2.24, 2.45) is 0 Å². The zero-order valence-electron chi connectivity index (χ0n) is 12.7. The van der Waals surface area contributed by atoms with Crippen LogP contribution < -0.4 is 10.6 Å². The fraction of sp³-hybridized carbons (Fsp3) is 0.118. The van der Waals surface area contributed by atoms with Crippen LogP contribution in [0.15, 0.2) is 48.8 Å². The van der Waals surface area contributed by atoms with Gasteiger partial charge in [0.25, 0.3) is 0 Å². The molecule has 0 unspecified atom stereocenters. The predicted octanol–water partition coefficient (Wildman–Crippen LogP) is 2.00. The monoisotopic (exact) mass is 326 g/mol. The number of halogens is 1. The fourth-order valence-corrected chi connectivity index (χ4v) is 2.25. The van der Waals surface area contributed by atoms with Crippen LogP contribution in [0.1, 0.15) is 5.56 Å². The molecule has 0 radical (unpaired) electrons. The number of nitrogens with zero attached hydrogens (tertiary/aromatic N) is 1. The normalized spacial score (nSPS) is 10.5. The molecule has 0 saturated heterocycles. The van der Waals surface area contributed by atoms with Crippen molar-refractivity contribution in [3.05, 3.63) is 60.2 Å². The molecule has 7 heteroatoms. The van der Waals surface area contributed by atoms with Gasteiger partial charge < -0.3 is 15.6 Å². The summed E-state index contributed by atoms with van der Waals surface area (Å²) >= 11 is 0. The Hall–Kier alpha value is -3.22. The van der Waals surface area contributed by atoms with Gasteiger partial charge in [-0.25, -0.2) is 9.37 Å². The molecule has 0 bridgehead atoms. The van der Waals surface area contributed by atoms with E-state index in [1.165, 1.54) is 12.1 Å². The van der Waals surface area contributed by atoms with E-state index in [1.807, 2.05) is 0 Å². The SMILES string of the molecule is O=C(NCCc1ccc(F)cc1)C(=O)Nc1ccc2nc[nH]c2c1. The summed E-state index contributed by atoms with van der Waals surface area (Å²) in [7, 11) is 0. The smallest absolute Gasteiger partial charge is 0.313 e. The molecule has 1 heterocycles. The van der Waals surface area contributed by atoms with Crippen LogP contribution in [0.2, 0.25) is 0 Å². The molecule has 0 aliphatic carbocycles. The number of carbonyl (C=O) groups is 2. The number of hydrogen-bond donors (Lipinski definition) is 3. The second-order valence-electron chi connectivity index (χ2n) is 5.22. The maximum atomic E-state index is 12.8. The van der Waals surface area contributed by atoms with Gasteiger partial charge in [-0.15, -0.1) is 0 Å². The average molecular weight is 326 g/mol. The molecular weight excluding hydrogens is 311 g/mol. The zero-order chi connectivity index (χ0) is 16.9. The van der Waals surface area contributed by atoms with Gasteiger partial charge in [0, 0.05) is 12.2 Å². The van der Waals surface area contributed by atoms with Crippen LogP contribution in [-0.4, -0.2) is 28.3 Å². The van der Waals surface area contributed by atoms with E-state index in [9.17, 15) is 14.0 Å². The minimum atomic E-state index is -0.743. The van der Waals surface area contributed by atoms with Gasteiger partial charge in [0.15, 0.2) is 0 Å². The Balaban J connectivity index is 1.50. The molecule has 122 valence electrons. The van der Waals surface area contributed by atoms with E-state index >= 15 is 0 Å². The Kier molecular flexibility index (Phi) is 4.51. The van der Waals surface area contributed by atoms with Gasteiger partial charge in [0.05, 0.1) is 17.4 Å². The molecule has 2 amide bonds. The van der Waals surface area contributed by atoms with Gasteiger partial charge in [-0.3, -0.25) is 9.59 Å². The Morgan fingerprint density at radius 1 is 1.08 bits per heavy atom. The molecule has 24 heavy (non-hydrogen) atoms.